The molecule has 4 heteroatoms. The predicted molar refractivity (Wildman–Crippen MR) is 62.9 cm³/mol. The number of nitrogens with two attached hydrogens (primary N) is 1. The fraction of sp³-hybridized carbons (Fsp3) is 0.364. The van der Waals surface area contributed by atoms with Gasteiger partial charge >= 0.3 is 0 Å². The Bertz CT molecular complexity index is 392. The molecule has 0 radical (unpaired) electrons. The Morgan fingerprint density at radius 1 is 1.73 bits per heavy atom. The SMILES string of the molecule is C=CCC(N)c1cc(Br)c2c(n1)CCO2. The van der Waals surface area contributed by atoms with Crippen LogP contribution in [0.25, 0.3) is 0 Å². The highest BCUT2D eigenvalue weighted by atomic mass is 79.9. The topological polar surface area (TPSA) is 48.1 Å². The van der Waals surface area contributed by atoms with Gasteiger partial charge in [-0.25, -0.2) is 0 Å². The van der Waals surface area contributed by atoms with Gasteiger partial charge in [0.15, 0.2) is 5.75 Å². The molecule has 1 atom stereocenters. The second kappa shape index (κ2) is 4.33. The van der Waals surface area contributed by atoms with Crippen molar-refractivity contribution in [2.24, 2.45) is 5.73 Å². The highest BCUT2D eigenvalue weighted by molar-refractivity contribution is 9.10. The number of nitrogens with zero attached hydrogens (tertiary/aromatic N) is 1. The number of halogens is 1. The first-order valence-corrected chi connectivity index (χ1v) is 5.70. The van der Waals surface area contributed by atoms with Crippen molar-refractivity contribution in [2.45, 2.75) is 18.9 Å². The van der Waals surface area contributed by atoms with E-state index in [1.165, 1.54) is 0 Å². The van der Waals surface area contributed by atoms with Crippen LogP contribution in [0.1, 0.15) is 23.9 Å². The lowest BCUT2D eigenvalue weighted by Gasteiger charge is -2.11. The molecule has 0 bridgehead atoms. The molecule has 1 aliphatic rings. The molecule has 2 heterocycles. The molecule has 0 saturated heterocycles. The first-order valence-electron chi connectivity index (χ1n) is 4.91. The van der Waals surface area contributed by atoms with Crippen molar-refractivity contribution in [3.63, 3.8) is 0 Å². The zero-order chi connectivity index (χ0) is 10.8. The van der Waals surface area contributed by atoms with Gasteiger partial charge in [-0.2, -0.15) is 0 Å². The number of rotatable bonds is 3. The smallest absolute Gasteiger partial charge is 0.155 e. The molecule has 80 valence electrons. The lowest BCUT2D eigenvalue weighted by Crippen LogP contribution is -2.11. The lowest BCUT2D eigenvalue weighted by molar-refractivity contribution is 0.355. The summed E-state index contributed by atoms with van der Waals surface area (Å²) < 4.78 is 6.40. The Morgan fingerprint density at radius 2 is 2.53 bits per heavy atom. The molecule has 0 aromatic carbocycles. The summed E-state index contributed by atoms with van der Waals surface area (Å²) in [5.41, 5.74) is 7.87. The minimum atomic E-state index is -0.0790. The molecule has 15 heavy (non-hydrogen) atoms. The van der Waals surface area contributed by atoms with Gasteiger partial charge in [0.1, 0.15) is 0 Å². The van der Waals surface area contributed by atoms with E-state index in [0.29, 0.717) is 6.61 Å². The summed E-state index contributed by atoms with van der Waals surface area (Å²) in [5, 5.41) is 0. The van der Waals surface area contributed by atoms with Gasteiger partial charge in [-0.3, -0.25) is 4.98 Å². The summed E-state index contributed by atoms with van der Waals surface area (Å²) in [6.45, 7) is 4.39. The summed E-state index contributed by atoms with van der Waals surface area (Å²) in [5.74, 6) is 0.865. The van der Waals surface area contributed by atoms with E-state index < -0.39 is 0 Å². The Kier molecular flexibility index (Phi) is 3.07. The van der Waals surface area contributed by atoms with Crippen molar-refractivity contribution in [3.8, 4) is 5.75 Å². The average molecular weight is 269 g/mol. The van der Waals surface area contributed by atoms with Gasteiger partial charge in [-0.15, -0.1) is 6.58 Å². The maximum Gasteiger partial charge on any atom is 0.155 e. The van der Waals surface area contributed by atoms with E-state index in [9.17, 15) is 0 Å². The van der Waals surface area contributed by atoms with Gasteiger partial charge in [0.25, 0.3) is 0 Å². The molecular weight excluding hydrogens is 256 g/mol. The van der Waals surface area contributed by atoms with Crippen LogP contribution in [0.3, 0.4) is 0 Å². The Morgan fingerprint density at radius 3 is 3.27 bits per heavy atom. The molecule has 1 aromatic heterocycles. The monoisotopic (exact) mass is 268 g/mol. The van der Waals surface area contributed by atoms with Gasteiger partial charge in [0, 0.05) is 6.42 Å². The van der Waals surface area contributed by atoms with Gasteiger partial charge in [0.05, 0.1) is 28.5 Å². The van der Waals surface area contributed by atoms with E-state index in [2.05, 4.69) is 27.5 Å². The summed E-state index contributed by atoms with van der Waals surface area (Å²) in [4.78, 5) is 4.50. The molecule has 2 N–H and O–H groups in total. The Labute approximate surface area is 97.5 Å². The normalized spacial score (nSPS) is 15.6. The summed E-state index contributed by atoms with van der Waals surface area (Å²) >= 11 is 3.47. The highest BCUT2D eigenvalue weighted by Gasteiger charge is 2.19. The molecule has 0 fully saturated rings. The van der Waals surface area contributed by atoms with Gasteiger partial charge in [-0.05, 0) is 28.4 Å². The van der Waals surface area contributed by atoms with Crippen molar-refractivity contribution in [1.29, 1.82) is 0 Å². The number of hydrogen-bond donors (Lipinski definition) is 1. The maximum atomic E-state index is 5.97. The molecule has 1 unspecified atom stereocenters. The van der Waals surface area contributed by atoms with E-state index >= 15 is 0 Å². The number of hydrogen-bond acceptors (Lipinski definition) is 3. The summed E-state index contributed by atoms with van der Waals surface area (Å²) in [6, 6.07) is 1.85. The second-order valence-electron chi connectivity index (χ2n) is 3.53. The molecule has 0 aliphatic carbocycles. The summed E-state index contributed by atoms with van der Waals surface area (Å²) in [7, 11) is 0. The van der Waals surface area contributed by atoms with Gasteiger partial charge < -0.3 is 10.5 Å². The zero-order valence-corrected chi connectivity index (χ0v) is 9.96. The van der Waals surface area contributed by atoms with Crippen LogP contribution in [-0.4, -0.2) is 11.6 Å². The zero-order valence-electron chi connectivity index (χ0n) is 8.37. The molecule has 1 aromatic rings. The molecule has 0 spiro atoms. The van der Waals surface area contributed by atoms with Crippen molar-refractivity contribution in [2.75, 3.05) is 6.61 Å². The molecule has 0 amide bonds. The minimum absolute atomic E-state index is 0.0790. The van der Waals surface area contributed by atoms with Crippen molar-refractivity contribution in [1.82, 2.24) is 4.98 Å². The van der Waals surface area contributed by atoms with Crippen LogP contribution in [0.5, 0.6) is 5.75 Å². The van der Waals surface area contributed by atoms with E-state index in [-0.39, 0.29) is 6.04 Å². The number of fused-ring (bicyclic) bond motifs is 1. The van der Waals surface area contributed by atoms with Gasteiger partial charge in [-0.1, -0.05) is 6.08 Å². The Balaban J connectivity index is 2.34. The number of pyridine rings is 1. The van der Waals surface area contributed by atoms with Crippen molar-refractivity contribution in [3.05, 3.63) is 34.6 Å². The second-order valence-corrected chi connectivity index (χ2v) is 4.39. The average Bonchev–Trinajstić information content (AvgIpc) is 2.66. The van der Waals surface area contributed by atoms with Crippen LogP contribution < -0.4 is 10.5 Å². The molecule has 1 aliphatic heterocycles. The summed E-state index contributed by atoms with van der Waals surface area (Å²) in [6.07, 6.45) is 3.41. The van der Waals surface area contributed by atoms with E-state index in [1.54, 1.807) is 0 Å². The maximum absolute atomic E-state index is 5.97. The third-order valence-corrected chi connectivity index (χ3v) is 2.99. The fourth-order valence-corrected chi connectivity index (χ4v) is 2.21. The molecular formula is C11H13BrN2O. The fourth-order valence-electron chi connectivity index (χ4n) is 1.63. The van der Waals surface area contributed by atoms with Crippen LogP contribution in [-0.2, 0) is 6.42 Å². The third-order valence-electron chi connectivity index (χ3n) is 2.40. The Hall–Kier alpha value is -0.870. The standard InChI is InChI=1S/C11H13BrN2O/c1-2-3-8(13)10-6-7(12)11-9(14-10)4-5-15-11/h2,6,8H,1,3-5,13H2. The van der Waals surface area contributed by atoms with E-state index in [4.69, 9.17) is 10.5 Å². The van der Waals surface area contributed by atoms with Crippen LogP contribution in [0.2, 0.25) is 0 Å². The van der Waals surface area contributed by atoms with Crippen molar-refractivity contribution >= 4 is 15.9 Å². The quantitative estimate of drug-likeness (QED) is 0.857. The largest absolute Gasteiger partial charge is 0.490 e. The first kappa shape index (κ1) is 10.6. The minimum Gasteiger partial charge on any atom is -0.490 e. The van der Waals surface area contributed by atoms with E-state index in [1.807, 2.05) is 12.1 Å². The van der Waals surface area contributed by atoms with Gasteiger partial charge in [0.2, 0.25) is 0 Å². The van der Waals surface area contributed by atoms with Crippen molar-refractivity contribution < 1.29 is 4.74 Å². The molecule has 2 rings (SSSR count). The van der Waals surface area contributed by atoms with Crippen LogP contribution in [0.15, 0.2) is 23.2 Å². The molecule has 3 nitrogen and oxygen atoms in total. The first-order chi connectivity index (χ1) is 7.22. The van der Waals surface area contributed by atoms with Crippen LogP contribution >= 0.6 is 15.9 Å². The lowest BCUT2D eigenvalue weighted by atomic mass is 10.1. The van der Waals surface area contributed by atoms with Crippen LogP contribution in [0.4, 0.5) is 0 Å². The third kappa shape index (κ3) is 2.06. The van der Waals surface area contributed by atoms with E-state index in [0.717, 1.165) is 34.5 Å². The highest BCUT2D eigenvalue weighted by Crippen LogP contribution is 2.34. The molecule has 0 saturated carbocycles. The van der Waals surface area contributed by atoms with Crippen LogP contribution in [0, 0.1) is 0 Å². The number of aromatic nitrogens is 1. The predicted octanol–water partition coefficient (Wildman–Crippen LogP) is 2.35. The number of ether oxygens (including phenoxy) is 1.